The first-order valence-electron chi connectivity index (χ1n) is 9.94. The van der Waals surface area contributed by atoms with E-state index < -0.39 is 0 Å². The monoisotopic (exact) mass is 391 g/mol. The van der Waals surface area contributed by atoms with Crippen LogP contribution in [0, 0.1) is 0 Å². The summed E-state index contributed by atoms with van der Waals surface area (Å²) in [5.74, 6) is 2.00. The summed E-state index contributed by atoms with van der Waals surface area (Å²) in [5, 5.41) is 0. The van der Waals surface area contributed by atoms with Crippen molar-refractivity contribution in [3.8, 4) is 11.6 Å². The second-order valence-corrected chi connectivity index (χ2v) is 7.30. The van der Waals surface area contributed by atoms with Crippen molar-refractivity contribution in [3.63, 3.8) is 0 Å². The highest BCUT2D eigenvalue weighted by atomic mass is 16.5. The lowest BCUT2D eigenvalue weighted by Crippen LogP contribution is -2.39. The highest BCUT2D eigenvalue weighted by Gasteiger charge is 2.26. The number of methoxy groups -OCH3 is 1. The molecule has 4 rings (SSSR count). The van der Waals surface area contributed by atoms with E-state index in [1.165, 1.54) is 0 Å². The fraction of sp³-hybridized carbons (Fsp3) is 0.364. The third-order valence-electron chi connectivity index (χ3n) is 5.39. The molecule has 3 aromatic rings. The molecule has 1 aromatic carbocycles. The molecule has 1 atom stereocenters. The van der Waals surface area contributed by atoms with Gasteiger partial charge in [-0.05, 0) is 37.0 Å². The third kappa shape index (κ3) is 4.62. The molecule has 7 heteroatoms. The molecule has 1 saturated heterocycles. The first-order valence-corrected chi connectivity index (χ1v) is 9.94. The van der Waals surface area contributed by atoms with Gasteiger partial charge >= 0.3 is 0 Å². The number of amides is 1. The maximum absolute atomic E-state index is 12.8. The van der Waals surface area contributed by atoms with E-state index >= 15 is 0 Å². The number of hydrogen-bond acceptors (Lipinski definition) is 5. The molecule has 1 amide bonds. The molecule has 2 aromatic heterocycles. The minimum Gasteiger partial charge on any atom is -0.497 e. The van der Waals surface area contributed by atoms with Crippen LogP contribution in [0.1, 0.15) is 36.4 Å². The Morgan fingerprint density at radius 1 is 1.21 bits per heavy atom. The van der Waals surface area contributed by atoms with Gasteiger partial charge in [-0.2, -0.15) is 0 Å². The number of carbonyl (C=O) groups excluding carboxylic acids is 1. The Kier molecular flexibility index (Phi) is 5.84. The topological polar surface area (TPSA) is 73.1 Å². The Labute approximate surface area is 170 Å². The molecule has 1 aliphatic heterocycles. The fourth-order valence-corrected chi connectivity index (χ4v) is 3.73. The highest BCUT2D eigenvalue weighted by molar-refractivity contribution is 5.76. The standard InChI is InChI=1S/C22H25N5O2/c1-29-19-7-4-17(5-8-19)6-9-22(28)26-11-2-3-18(15-26)20-13-24-14-21(25-20)27-12-10-23-16-27/h4-5,7-8,10,12-14,16,18H,2-3,6,9,11,15H2,1H3/t18-/m1/s1. The highest BCUT2D eigenvalue weighted by Crippen LogP contribution is 2.26. The molecule has 3 heterocycles. The van der Waals surface area contributed by atoms with Gasteiger partial charge in [-0.15, -0.1) is 0 Å². The van der Waals surface area contributed by atoms with Gasteiger partial charge in [0.15, 0.2) is 5.82 Å². The Balaban J connectivity index is 1.37. The number of nitrogens with zero attached hydrogens (tertiary/aromatic N) is 5. The van der Waals surface area contributed by atoms with E-state index in [0.717, 1.165) is 48.6 Å². The van der Waals surface area contributed by atoms with Crippen LogP contribution in [0.3, 0.4) is 0 Å². The summed E-state index contributed by atoms with van der Waals surface area (Å²) in [7, 11) is 1.65. The molecule has 150 valence electrons. The van der Waals surface area contributed by atoms with E-state index in [1.54, 1.807) is 25.8 Å². The van der Waals surface area contributed by atoms with Gasteiger partial charge in [-0.1, -0.05) is 12.1 Å². The van der Waals surface area contributed by atoms with Crippen molar-refractivity contribution in [1.29, 1.82) is 0 Å². The minimum absolute atomic E-state index is 0.198. The zero-order valence-corrected chi connectivity index (χ0v) is 16.6. The molecule has 0 saturated carbocycles. The molecule has 29 heavy (non-hydrogen) atoms. The van der Waals surface area contributed by atoms with Crippen LogP contribution in [-0.4, -0.2) is 50.5 Å². The Morgan fingerprint density at radius 3 is 2.83 bits per heavy atom. The third-order valence-corrected chi connectivity index (χ3v) is 5.39. The maximum atomic E-state index is 12.8. The van der Waals surface area contributed by atoms with Crippen molar-refractivity contribution in [2.75, 3.05) is 20.2 Å². The number of aromatic nitrogens is 4. The second-order valence-electron chi connectivity index (χ2n) is 7.30. The number of imidazole rings is 1. The van der Waals surface area contributed by atoms with Crippen molar-refractivity contribution >= 4 is 5.91 Å². The van der Waals surface area contributed by atoms with Gasteiger partial charge in [0.2, 0.25) is 5.91 Å². The van der Waals surface area contributed by atoms with Crippen LogP contribution < -0.4 is 4.74 Å². The number of rotatable bonds is 6. The summed E-state index contributed by atoms with van der Waals surface area (Å²) in [6.07, 6.45) is 12.1. The zero-order valence-electron chi connectivity index (χ0n) is 16.6. The van der Waals surface area contributed by atoms with E-state index in [1.807, 2.05) is 46.1 Å². The van der Waals surface area contributed by atoms with Crippen molar-refractivity contribution in [2.24, 2.45) is 0 Å². The number of piperidine rings is 1. The van der Waals surface area contributed by atoms with Crippen LogP contribution in [-0.2, 0) is 11.2 Å². The van der Waals surface area contributed by atoms with Gasteiger partial charge < -0.3 is 9.64 Å². The number of carbonyl (C=O) groups is 1. The maximum Gasteiger partial charge on any atom is 0.222 e. The summed E-state index contributed by atoms with van der Waals surface area (Å²) >= 11 is 0. The van der Waals surface area contributed by atoms with Crippen LogP contribution in [0.15, 0.2) is 55.4 Å². The van der Waals surface area contributed by atoms with Crippen LogP contribution in [0.25, 0.3) is 5.82 Å². The molecule has 0 aliphatic carbocycles. The molecule has 1 fully saturated rings. The van der Waals surface area contributed by atoms with Crippen LogP contribution in [0.2, 0.25) is 0 Å². The van der Waals surface area contributed by atoms with Crippen molar-refractivity contribution in [1.82, 2.24) is 24.4 Å². The molecule has 0 radical (unpaired) electrons. The van der Waals surface area contributed by atoms with Crippen LogP contribution >= 0.6 is 0 Å². The SMILES string of the molecule is COc1ccc(CCC(=O)N2CCC[C@@H](c3cncc(-n4ccnc4)n3)C2)cc1. The quantitative estimate of drug-likeness (QED) is 0.646. The normalized spacial score (nSPS) is 16.6. The van der Waals surface area contributed by atoms with Crippen LogP contribution in [0.5, 0.6) is 5.75 Å². The number of aryl methyl sites for hydroxylation is 1. The molecule has 7 nitrogen and oxygen atoms in total. The van der Waals surface area contributed by atoms with Gasteiger partial charge in [-0.3, -0.25) is 14.3 Å². The summed E-state index contributed by atoms with van der Waals surface area (Å²) in [6, 6.07) is 7.90. The summed E-state index contributed by atoms with van der Waals surface area (Å²) < 4.78 is 7.03. The number of ether oxygens (including phenoxy) is 1. The smallest absolute Gasteiger partial charge is 0.222 e. The molecular weight excluding hydrogens is 366 g/mol. The molecular formula is C22H25N5O2. The summed E-state index contributed by atoms with van der Waals surface area (Å²) in [4.78, 5) is 27.9. The van der Waals surface area contributed by atoms with Gasteiger partial charge in [-0.25, -0.2) is 9.97 Å². The fourth-order valence-electron chi connectivity index (χ4n) is 3.73. The first-order chi connectivity index (χ1) is 14.2. The average Bonchev–Trinajstić information content (AvgIpc) is 3.33. The first kappa shape index (κ1) is 19.1. The van der Waals surface area contributed by atoms with Gasteiger partial charge in [0.25, 0.3) is 0 Å². The van der Waals surface area contributed by atoms with Crippen LogP contribution in [0.4, 0.5) is 0 Å². The second kappa shape index (κ2) is 8.86. The van der Waals surface area contributed by atoms with E-state index in [4.69, 9.17) is 9.72 Å². The predicted molar refractivity (Wildman–Crippen MR) is 109 cm³/mol. The van der Waals surface area contributed by atoms with Crippen molar-refractivity contribution in [2.45, 2.75) is 31.6 Å². The van der Waals surface area contributed by atoms with E-state index in [2.05, 4.69) is 9.97 Å². The predicted octanol–water partition coefficient (Wildman–Crippen LogP) is 3.01. The lowest BCUT2D eigenvalue weighted by molar-refractivity contribution is -0.132. The molecule has 1 aliphatic rings. The zero-order chi connectivity index (χ0) is 20.1. The number of benzene rings is 1. The van der Waals surface area contributed by atoms with Gasteiger partial charge in [0.05, 0.1) is 19.0 Å². The largest absolute Gasteiger partial charge is 0.497 e. The molecule has 0 unspecified atom stereocenters. The molecule has 0 N–H and O–H groups in total. The molecule has 0 spiro atoms. The van der Waals surface area contributed by atoms with Crippen molar-refractivity contribution < 1.29 is 9.53 Å². The lowest BCUT2D eigenvalue weighted by atomic mass is 9.94. The van der Waals surface area contributed by atoms with E-state index in [9.17, 15) is 4.79 Å². The number of hydrogen-bond donors (Lipinski definition) is 0. The summed E-state index contributed by atoms with van der Waals surface area (Å²) in [5.41, 5.74) is 2.08. The van der Waals surface area contributed by atoms with Gasteiger partial charge in [0, 0.05) is 44.0 Å². The van der Waals surface area contributed by atoms with Gasteiger partial charge in [0.1, 0.15) is 12.1 Å². The van der Waals surface area contributed by atoms with E-state index in [0.29, 0.717) is 13.0 Å². The minimum atomic E-state index is 0.198. The Bertz CT molecular complexity index is 940. The lowest BCUT2D eigenvalue weighted by Gasteiger charge is -2.32. The van der Waals surface area contributed by atoms with Crippen molar-refractivity contribution in [3.05, 3.63) is 66.6 Å². The van der Waals surface area contributed by atoms with E-state index in [-0.39, 0.29) is 11.8 Å². The Morgan fingerprint density at radius 2 is 2.07 bits per heavy atom. The summed E-state index contributed by atoms with van der Waals surface area (Å²) in [6.45, 7) is 1.51. The average molecular weight is 391 g/mol. The Hall–Kier alpha value is -3.22. The number of likely N-dealkylation sites (tertiary alicyclic amines) is 1. The molecule has 0 bridgehead atoms.